The summed E-state index contributed by atoms with van der Waals surface area (Å²) in [5, 5.41) is 26.8. The number of aromatic carboxylic acids is 1. The number of halogens is 2. The number of hydrogen-bond acceptors (Lipinski definition) is 9. The minimum atomic E-state index is -2.65. The molecule has 1 aromatic carbocycles. The second-order valence-corrected chi connectivity index (χ2v) is 16.3. The zero-order valence-corrected chi connectivity index (χ0v) is 31.5. The Balaban J connectivity index is 0.905. The lowest BCUT2D eigenvalue weighted by molar-refractivity contribution is -0.129. The fourth-order valence-electron chi connectivity index (χ4n) is 10.00. The van der Waals surface area contributed by atoms with E-state index in [9.17, 15) is 18.4 Å². The van der Waals surface area contributed by atoms with Gasteiger partial charge in [0, 0.05) is 100.0 Å². The Labute approximate surface area is 318 Å². The van der Waals surface area contributed by atoms with Crippen molar-refractivity contribution in [2.24, 2.45) is 12.5 Å². The lowest BCUT2D eigenvalue weighted by Crippen LogP contribution is -2.56. The maximum atomic E-state index is 14.7. The van der Waals surface area contributed by atoms with E-state index in [2.05, 4.69) is 34.7 Å². The number of piperidine rings is 2. The first-order valence-electron chi connectivity index (χ1n) is 19.7. The number of anilines is 3. The number of nitrogens with zero attached hydrogens (tertiary/aromatic N) is 10. The number of aromatic nitrogens is 6. The molecule has 5 aliphatic rings. The van der Waals surface area contributed by atoms with Crippen LogP contribution in [0.1, 0.15) is 97.2 Å². The average Bonchev–Trinajstić information content (AvgIpc) is 3.79. The molecule has 15 heteroatoms. The van der Waals surface area contributed by atoms with Crippen LogP contribution in [0.15, 0.2) is 36.7 Å². The van der Waals surface area contributed by atoms with E-state index in [1.54, 1.807) is 43.2 Å². The summed E-state index contributed by atoms with van der Waals surface area (Å²) >= 11 is 0. The fourth-order valence-corrected chi connectivity index (χ4v) is 10.00. The molecule has 1 spiro atoms. The standard InChI is InChI=1S/C40H48F2N10O3/c1-25(53)50-15-9-34-32(24-50)38(51-12-3-4-26-18-30(27-22-43-47(2)23-27)31(37(41)42)19-35(26)51)46-52(34)28-7-13-48(14-8-28)29-20-40(21-29)10-16-49(17-11-40)36-6-5-33(39(54)55)44-45-36/h5-6,18-19,22-23,28-29,37H,3-4,7-17,20-21,24H2,1-2H3,(H,54,55). The SMILES string of the molecule is CC(=O)N1CCc2c(c(N3CCCc4cc(-c5cnn(C)c5)c(C(F)F)cc43)nn2C2CCN(C3CC4(CCN(c5ccc(C(=O)O)nn5)CC4)C3)CC2)C1. The van der Waals surface area contributed by atoms with Crippen molar-refractivity contribution in [1.82, 2.24) is 39.6 Å². The summed E-state index contributed by atoms with van der Waals surface area (Å²) in [6, 6.07) is 7.69. The van der Waals surface area contributed by atoms with Gasteiger partial charge in [-0.15, -0.1) is 10.2 Å². The molecule has 2 saturated heterocycles. The quantitative estimate of drug-likeness (QED) is 0.248. The van der Waals surface area contributed by atoms with E-state index in [0.717, 1.165) is 99.6 Å². The van der Waals surface area contributed by atoms with Crippen molar-refractivity contribution < 1.29 is 23.5 Å². The first-order valence-corrected chi connectivity index (χ1v) is 19.7. The van der Waals surface area contributed by atoms with Crippen molar-refractivity contribution in [2.75, 3.05) is 49.1 Å². The van der Waals surface area contributed by atoms with Crippen LogP contribution in [0.5, 0.6) is 0 Å². The Hall–Kier alpha value is -4.92. The summed E-state index contributed by atoms with van der Waals surface area (Å²) in [5.41, 5.74) is 5.55. The molecule has 13 nitrogen and oxygen atoms in total. The lowest BCUT2D eigenvalue weighted by atomic mass is 9.60. The van der Waals surface area contributed by atoms with E-state index in [1.165, 1.54) is 24.6 Å². The van der Waals surface area contributed by atoms with Crippen LogP contribution in [0.4, 0.5) is 26.1 Å². The molecule has 290 valence electrons. The summed E-state index contributed by atoms with van der Waals surface area (Å²) in [6.07, 6.45) is 9.77. The molecule has 0 unspecified atom stereocenters. The van der Waals surface area contributed by atoms with Crippen molar-refractivity contribution in [3.05, 3.63) is 64.7 Å². The van der Waals surface area contributed by atoms with Gasteiger partial charge in [-0.2, -0.15) is 10.2 Å². The molecule has 3 fully saturated rings. The molecule has 4 aliphatic heterocycles. The normalized spacial score (nSPS) is 20.5. The number of alkyl halides is 2. The molecule has 1 saturated carbocycles. The van der Waals surface area contributed by atoms with E-state index >= 15 is 0 Å². The lowest BCUT2D eigenvalue weighted by Gasteiger charge is -2.56. The van der Waals surface area contributed by atoms with E-state index in [4.69, 9.17) is 10.2 Å². The molecule has 3 aromatic heterocycles. The smallest absolute Gasteiger partial charge is 0.356 e. The van der Waals surface area contributed by atoms with Gasteiger partial charge in [-0.3, -0.25) is 14.2 Å². The minimum Gasteiger partial charge on any atom is -0.476 e. The van der Waals surface area contributed by atoms with Gasteiger partial charge in [0.2, 0.25) is 5.91 Å². The Morgan fingerprint density at radius 2 is 1.75 bits per heavy atom. The highest BCUT2D eigenvalue weighted by Gasteiger charge is 2.48. The van der Waals surface area contributed by atoms with Gasteiger partial charge in [-0.25, -0.2) is 13.6 Å². The van der Waals surface area contributed by atoms with Gasteiger partial charge in [0.15, 0.2) is 17.3 Å². The third kappa shape index (κ3) is 6.53. The van der Waals surface area contributed by atoms with Crippen LogP contribution in [-0.2, 0) is 31.2 Å². The van der Waals surface area contributed by atoms with Crippen molar-refractivity contribution in [3.63, 3.8) is 0 Å². The average molecular weight is 755 g/mol. The van der Waals surface area contributed by atoms with E-state index in [0.29, 0.717) is 42.2 Å². The molecule has 1 amide bonds. The van der Waals surface area contributed by atoms with Gasteiger partial charge in [-0.1, -0.05) is 0 Å². The molecule has 55 heavy (non-hydrogen) atoms. The van der Waals surface area contributed by atoms with Crippen LogP contribution in [-0.4, -0.2) is 102 Å². The minimum absolute atomic E-state index is 0.00500. The molecular weight excluding hydrogens is 707 g/mol. The number of carboxylic acids is 1. The van der Waals surface area contributed by atoms with Gasteiger partial charge in [-0.05, 0) is 92.2 Å². The van der Waals surface area contributed by atoms with Crippen molar-refractivity contribution >= 4 is 29.2 Å². The Morgan fingerprint density at radius 3 is 2.40 bits per heavy atom. The van der Waals surface area contributed by atoms with Crippen LogP contribution in [0, 0.1) is 5.41 Å². The van der Waals surface area contributed by atoms with Crippen molar-refractivity contribution in [3.8, 4) is 11.1 Å². The molecule has 0 bridgehead atoms. The number of aryl methyl sites for hydroxylation is 2. The molecule has 4 aromatic rings. The summed E-state index contributed by atoms with van der Waals surface area (Å²) in [6.45, 7) is 7.23. The van der Waals surface area contributed by atoms with Crippen LogP contribution in [0.2, 0.25) is 0 Å². The topological polar surface area (TPSA) is 129 Å². The number of likely N-dealkylation sites (tertiary alicyclic amines) is 1. The fraction of sp³-hybridized carbons (Fsp3) is 0.550. The summed E-state index contributed by atoms with van der Waals surface area (Å²) < 4.78 is 33.2. The number of fused-ring (bicyclic) bond motifs is 2. The summed E-state index contributed by atoms with van der Waals surface area (Å²) in [5.74, 6) is 0.510. The Morgan fingerprint density at radius 1 is 0.964 bits per heavy atom. The van der Waals surface area contributed by atoms with Crippen LogP contribution >= 0.6 is 0 Å². The molecule has 7 heterocycles. The van der Waals surface area contributed by atoms with Crippen LogP contribution in [0.3, 0.4) is 0 Å². The zero-order valence-electron chi connectivity index (χ0n) is 31.5. The van der Waals surface area contributed by atoms with E-state index in [-0.39, 0.29) is 23.2 Å². The maximum Gasteiger partial charge on any atom is 0.356 e. The second kappa shape index (κ2) is 14.0. The number of hydrogen-bond donors (Lipinski definition) is 1. The Kier molecular flexibility index (Phi) is 9.09. The van der Waals surface area contributed by atoms with Gasteiger partial charge >= 0.3 is 5.97 Å². The molecule has 0 atom stereocenters. The van der Waals surface area contributed by atoms with E-state index < -0.39 is 12.4 Å². The van der Waals surface area contributed by atoms with Gasteiger partial charge in [0.05, 0.1) is 18.8 Å². The number of benzene rings is 1. The number of carbonyl (C=O) groups is 2. The molecule has 9 rings (SSSR count). The number of carboxylic acid groups (broad SMARTS) is 1. The highest BCUT2D eigenvalue weighted by Crippen LogP contribution is 2.52. The molecule has 0 radical (unpaired) electrons. The summed E-state index contributed by atoms with van der Waals surface area (Å²) in [4.78, 5) is 32.7. The van der Waals surface area contributed by atoms with Gasteiger partial charge in [0.1, 0.15) is 0 Å². The third-order valence-corrected chi connectivity index (χ3v) is 13.1. The van der Waals surface area contributed by atoms with Gasteiger partial charge in [0.25, 0.3) is 6.43 Å². The van der Waals surface area contributed by atoms with Gasteiger partial charge < -0.3 is 24.7 Å². The van der Waals surface area contributed by atoms with Crippen molar-refractivity contribution in [2.45, 2.75) is 89.8 Å². The third-order valence-electron chi connectivity index (χ3n) is 13.1. The zero-order chi connectivity index (χ0) is 38.0. The monoisotopic (exact) mass is 754 g/mol. The second-order valence-electron chi connectivity index (χ2n) is 16.3. The van der Waals surface area contributed by atoms with Crippen molar-refractivity contribution in [1.29, 1.82) is 0 Å². The molecule has 1 N–H and O–H groups in total. The first kappa shape index (κ1) is 35.8. The number of rotatable bonds is 7. The summed E-state index contributed by atoms with van der Waals surface area (Å²) in [7, 11) is 1.79. The predicted octanol–water partition coefficient (Wildman–Crippen LogP) is 5.78. The highest BCUT2D eigenvalue weighted by molar-refractivity contribution is 5.85. The molecule has 1 aliphatic carbocycles. The first-order chi connectivity index (χ1) is 26.6. The molecular formula is C40H48F2N10O3. The van der Waals surface area contributed by atoms with Crippen LogP contribution < -0.4 is 9.80 Å². The highest BCUT2D eigenvalue weighted by atomic mass is 19.3. The number of carbonyl (C=O) groups excluding carboxylic acids is 1. The number of amides is 1. The predicted molar refractivity (Wildman–Crippen MR) is 202 cm³/mol. The largest absolute Gasteiger partial charge is 0.476 e. The van der Waals surface area contributed by atoms with Crippen LogP contribution in [0.25, 0.3) is 11.1 Å². The maximum absolute atomic E-state index is 14.7. The van der Waals surface area contributed by atoms with E-state index in [1.807, 2.05) is 11.0 Å². The Bertz CT molecular complexity index is 2090.